The van der Waals surface area contributed by atoms with E-state index in [1.54, 1.807) is 30.0 Å². The normalized spacial score (nSPS) is 18.3. The number of thiocarbonyl (C=S) groups is 1. The Bertz CT molecular complexity index is 931. The van der Waals surface area contributed by atoms with E-state index in [1.807, 2.05) is 23.1 Å². The fourth-order valence-corrected chi connectivity index (χ4v) is 3.65. The number of para-hydroxylation sites is 2. The summed E-state index contributed by atoms with van der Waals surface area (Å²) in [4.78, 5) is 16.6. The Balaban J connectivity index is 1.30. The van der Waals surface area contributed by atoms with E-state index in [9.17, 15) is 9.18 Å². The first-order valence-corrected chi connectivity index (χ1v) is 9.91. The molecule has 8 heteroatoms. The number of rotatable bonds is 2. The zero-order valence-corrected chi connectivity index (χ0v) is 16.9. The molecular weight excluding hydrogens is 393 g/mol. The van der Waals surface area contributed by atoms with Crippen molar-refractivity contribution < 1.29 is 18.7 Å². The molecule has 1 amide bonds. The molecule has 1 N–H and O–H groups in total. The van der Waals surface area contributed by atoms with Crippen molar-refractivity contribution in [1.82, 2.24) is 9.80 Å². The van der Waals surface area contributed by atoms with Crippen LogP contribution in [0.3, 0.4) is 0 Å². The lowest BCUT2D eigenvalue weighted by Crippen LogP contribution is -2.55. The number of amides is 1. The predicted molar refractivity (Wildman–Crippen MR) is 112 cm³/mol. The number of nitrogens with one attached hydrogen (secondary N) is 1. The minimum Gasteiger partial charge on any atom is -0.485 e. The molecule has 0 saturated carbocycles. The first kappa shape index (κ1) is 19.4. The van der Waals surface area contributed by atoms with Crippen LogP contribution in [0.25, 0.3) is 0 Å². The summed E-state index contributed by atoms with van der Waals surface area (Å²) < 4.78 is 25.2. The maximum absolute atomic E-state index is 13.7. The molecule has 0 aliphatic carbocycles. The van der Waals surface area contributed by atoms with Gasteiger partial charge in [0.2, 0.25) is 6.10 Å². The Labute approximate surface area is 174 Å². The molecule has 0 spiro atoms. The fraction of sp³-hybridized carbons (Fsp3) is 0.333. The topological polar surface area (TPSA) is 54.0 Å². The van der Waals surface area contributed by atoms with E-state index < -0.39 is 6.10 Å². The van der Waals surface area contributed by atoms with Crippen molar-refractivity contribution in [2.45, 2.75) is 13.0 Å². The van der Waals surface area contributed by atoms with Gasteiger partial charge in [0.15, 0.2) is 16.6 Å². The highest BCUT2D eigenvalue weighted by Crippen LogP contribution is 2.31. The Morgan fingerprint density at radius 1 is 1.10 bits per heavy atom. The Morgan fingerprint density at radius 2 is 1.79 bits per heavy atom. The number of piperazine rings is 1. The highest BCUT2D eigenvalue weighted by atomic mass is 32.1. The van der Waals surface area contributed by atoms with Crippen LogP contribution in [0.4, 0.5) is 10.1 Å². The fourth-order valence-electron chi connectivity index (χ4n) is 3.35. The summed E-state index contributed by atoms with van der Waals surface area (Å²) in [6.45, 7) is 4.17. The van der Waals surface area contributed by atoms with E-state index in [-0.39, 0.29) is 18.3 Å². The second-order valence-electron chi connectivity index (χ2n) is 7.07. The van der Waals surface area contributed by atoms with Gasteiger partial charge in [0, 0.05) is 31.9 Å². The number of benzene rings is 2. The van der Waals surface area contributed by atoms with Gasteiger partial charge in [-0.15, -0.1) is 0 Å². The molecule has 2 heterocycles. The number of carbonyl (C=O) groups excluding carboxylic acids is 1. The minimum atomic E-state index is -0.642. The van der Waals surface area contributed by atoms with E-state index in [2.05, 4.69) is 5.32 Å². The average Bonchev–Trinajstić information content (AvgIpc) is 2.75. The van der Waals surface area contributed by atoms with E-state index in [0.717, 1.165) is 0 Å². The van der Waals surface area contributed by atoms with E-state index in [0.29, 0.717) is 54.0 Å². The van der Waals surface area contributed by atoms with Crippen LogP contribution in [-0.2, 0) is 4.79 Å². The van der Waals surface area contributed by atoms with Crippen molar-refractivity contribution in [1.29, 1.82) is 0 Å². The third-order valence-corrected chi connectivity index (χ3v) is 5.45. The van der Waals surface area contributed by atoms with Crippen molar-refractivity contribution >= 4 is 28.9 Å². The van der Waals surface area contributed by atoms with Crippen molar-refractivity contribution in [3.05, 3.63) is 53.8 Å². The van der Waals surface area contributed by atoms with Gasteiger partial charge in [0.1, 0.15) is 12.4 Å². The molecule has 2 aromatic carbocycles. The van der Waals surface area contributed by atoms with Gasteiger partial charge in [-0.3, -0.25) is 4.79 Å². The molecule has 152 valence electrons. The lowest BCUT2D eigenvalue weighted by molar-refractivity contribution is -0.142. The summed E-state index contributed by atoms with van der Waals surface area (Å²) in [5.74, 6) is 0.889. The summed E-state index contributed by atoms with van der Waals surface area (Å²) in [6.07, 6.45) is -0.642. The molecule has 1 saturated heterocycles. The molecule has 6 nitrogen and oxygen atoms in total. The van der Waals surface area contributed by atoms with Gasteiger partial charge in [0.05, 0.1) is 0 Å². The van der Waals surface area contributed by atoms with E-state index in [1.165, 1.54) is 6.07 Å². The molecule has 0 bridgehead atoms. The molecule has 2 aliphatic rings. The lowest BCUT2D eigenvalue weighted by Gasteiger charge is -2.38. The standard InChI is InChI=1S/C21H22FN3O3S/c1-14-6-7-15(12-16(14)22)23-21(29)25-10-8-24(9-11-25)20(26)19-13-27-17-4-2-3-5-18(17)28-19/h2-7,12,19H,8-11,13H2,1H3,(H,23,29)/t19-/m0/s1. The molecule has 0 radical (unpaired) electrons. The quantitative estimate of drug-likeness (QED) is 0.762. The number of fused-ring (bicyclic) bond motifs is 1. The summed E-state index contributed by atoms with van der Waals surface area (Å²) in [5.41, 5.74) is 1.20. The molecule has 1 atom stereocenters. The van der Waals surface area contributed by atoms with Crippen molar-refractivity contribution in [3.8, 4) is 11.5 Å². The van der Waals surface area contributed by atoms with Gasteiger partial charge in [-0.1, -0.05) is 18.2 Å². The van der Waals surface area contributed by atoms with Gasteiger partial charge in [-0.25, -0.2) is 4.39 Å². The maximum atomic E-state index is 13.7. The Morgan fingerprint density at radius 3 is 2.52 bits per heavy atom. The number of aryl methyl sites for hydroxylation is 1. The third kappa shape index (κ3) is 4.27. The minimum absolute atomic E-state index is 0.0846. The number of nitrogens with zero attached hydrogens (tertiary/aromatic N) is 2. The number of anilines is 1. The van der Waals surface area contributed by atoms with Gasteiger partial charge in [0.25, 0.3) is 5.91 Å². The van der Waals surface area contributed by atoms with Gasteiger partial charge in [-0.2, -0.15) is 0 Å². The highest BCUT2D eigenvalue weighted by Gasteiger charge is 2.33. The van der Waals surface area contributed by atoms with Crippen LogP contribution in [0.15, 0.2) is 42.5 Å². The second-order valence-corrected chi connectivity index (χ2v) is 7.46. The van der Waals surface area contributed by atoms with Gasteiger partial charge >= 0.3 is 0 Å². The maximum Gasteiger partial charge on any atom is 0.267 e. The summed E-state index contributed by atoms with van der Waals surface area (Å²) >= 11 is 5.45. The smallest absolute Gasteiger partial charge is 0.267 e. The monoisotopic (exact) mass is 415 g/mol. The summed E-state index contributed by atoms with van der Waals surface area (Å²) in [5, 5.41) is 3.59. The predicted octanol–water partition coefficient (Wildman–Crippen LogP) is 2.82. The molecule has 0 aromatic heterocycles. The lowest BCUT2D eigenvalue weighted by atomic mass is 10.2. The number of hydrogen-bond acceptors (Lipinski definition) is 4. The zero-order chi connectivity index (χ0) is 20.4. The number of hydrogen-bond donors (Lipinski definition) is 1. The van der Waals surface area contributed by atoms with Crippen LogP contribution in [0, 0.1) is 12.7 Å². The molecule has 2 aromatic rings. The molecule has 4 rings (SSSR count). The van der Waals surface area contributed by atoms with Crippen LogP contribution in [0.1, 0.15) is 5.56 Å². The third-order valence-electron chi connectivity index (χ3n) is 5.09. The molecular formula is C21H22FN3O3S. The van der Waals surface area contributed by atoms with Crippen molar-refractivity contribution in [2.75, 3.05) is 38.1 Å². The largest absolute Gasteiger partial charge is 0.485 e. The number of carbonyl (C=O) groups is 1. The first-order valence-electron chi connectivity index (χ1n) is 9.50. The average molecular weight is 415 g/mol. The Kier molecular flexibility index (Phi) is 5.53. The van der Waals surface area contributed by atoms with Gasteiger partial charge in [-0.05, 0) is 49.0 Å². The SMILES string of the molecule is Cc1ccc(NC(=S)N2CCN(C(=O)[C@@H]3COc4ccccc4O3)CC2)cc1F. The summed E-state index contributed by atoms with van der Waals surface area (Å²) in [7, 11) is 0. The van der Waals surface area contributed by atoms with Gasteiger partial charge < -0.3 is 24.6 Å². The number of halogens is 1. The Hall–Kier alpha value is -2.87. The van der Waals surface area contributed by atoms with Crippen LogP contribution in [0.2, 0.25) is 0 Å². The molecule has 0 unspecified atom stereocenters. The molecule has 1 fully saturated rings. The van der Waals surface area contributed by atoms with Crippen LogP contribution >= 0.6 is 12.2 Å². The van der Waals surface area contributed by atoms with Crippen LogP contribution in [-0.4, -0.2) is 59.7 Å². The molecule has 29 heavy (non-hydrogen) atoms. The van der Waals surface area contributed by atoms with E-state index in [4.69, 9.17) is 21.7 Å². The van der Waals surface area contributed by atoms with Crippen LogP contribution < -0.4 is 14.8 Å². The second kappa shape index (κ2) is 8.24. The van der Waals surface area contributed by atoms with Crippen molar-refractivity contribution in [3.63, 3.8) is 0 Å². The van der Waals surface area contributed by atoms with E-state index >= 15 is 0 Å². The zero-order valence-electron chi connectivity index (χ0n) is 16.1. The molecule has 2 aliphatic heterocycles. The first-order chi connectivity index (χ1) is 14.0. The number of ether oxygens (including phenoxy) is 2. The summed E-state index contributed by atoms with van der Waals surface area (Å²) in [6, 6.07) is 12.3. The van der Waals surface area contributed by atoms with Crippen LogP contribution in [0.5, 0.6) is 11.5 Å². The highest BCUT2D eigenvalue weighted by molar-refractivity contribution is 7.80. The van der Waals surface area contributed by atoms with Crippen molar-refractivity contribution in [2.24, 2.45) is 0 Å².